The van der Waals surface area contributed by atoms with Gasteiger partial charge in [0.1, 0.15) is 0 Å². The van der Waals surface area contributed by atoms with E-state index in [-0.39, 0.29) is 0 Å². The summed E-state index contributed by atoms with van der Waals surface area (Å²) in [6.07, 6.45) is 3.12. The van der Waals surface area contributed by atoms with Gasteiger partial charge in [-0.25, -0.2) is 0 Å². The van der Waals surface area contributed by atoms with E-state index in [0.29, 0.717) is 13.3 Å². The van der Waals surface area contributed by atoms with Crippen LogP contribution >= 0.6 is 0 Å². The minimum atomic E-state index is 0.341. The van der Waals surface area contributed by atoms with Crippen molar-refractivity contribution < 1.29 is 4.74 Å². The normalized spacial score (nSPS) is 10.7. The van der Waals surface area contributed by atoms with Crippen molar-refractivity contribution in [2.24, 2.45) is 0 Å². The lowest BCUT2D eigenvalue weighted by molar-refractivity contribution is 0.0457. The van der Waals surface area contributed by atoms with Crippen molar-refractivity contribution in [3.05, 3.63) is 41.7 Å². The molecule has 0 aliphatic rings. The van der Waals surface area contributed by atoms with Gasteiger partial charge in [-0.15, -0.1) is 15.0 Å². The molecule has 0 atom stereocenters. The first-order valence-corrected chi connectivity index (χ1v) is 6.27. The van der Waals surface area contributed by atoms with Crippen molar-refractivity contribution >= 4 is 0 Å². The lowest BCUT2D eigenvalue weighted by Crippen LogP contribution is -2.06. The van der Waals surface area contributed by atoms with Crippen LogP contribution in [0.5, 0.6) is 0 Å². The second kappa shape index (κ2) is 6.86. The first-order chi connectivity index (χ1) is 8.88. The topological polar surface area (TPSA) is 52.8 Å². The molecule has 0 spiro atoms. The van der Waals surface area contributed by atoms with Crippen molar-refractivity contribution in [2.75, 3.05) is 0 Å². The molecule has 0 aliphatic heterocycles. The standard InChI is InChI=1S/C13H18N4O/c1-2-3-9-13-14-16-17(15-13)11-18-10-12-7-5-4-6-8-12/h4-8H,2-3,9-11H2,1H3. The van der Waals surface area contributed by atoms with Gasteiger partial charge in [0.25, 0.3) is 0 Å². The van der Waals surface area contributed by atoms with Gasteiger partial charge in [0, 0.05) is 6.42 Å². The smallest absolute Gasteiger partial charge is 0.174 e. The zero-order valence-electron chi connectivity index (χ0n) is 10.6. The van der Waals surface area contributed by atoms with E-state index < -0.39 is 0 Å². The summed E-state index contributed by atoms with van der Waals surface area (Å²) in [4.78, 5) is 1.49. The minimum absolute atomic E-state index is 0.341. The average Bonchev–Trinajstić information content (AvgIpc) is 2.85. The van der Waals surface area contributed by atoms with E-state index in [1.165, 1.54) is 4.80 Å². The highest BCUT2D eigenvalue weighted by molar-refractivity contribution is 5.13. The fourth-order valence-corrected chi connectivity index (χ4v) is 1.59. The summed E-state index contributed by atoms with van der Waals surface area (Å²) in [5.74, 6) is 0.792. The number of nitrogens with zero attached hydrogens (tertiary/aromatic N) is 4. The van der Waals surface area contributed by atoms with Crippen molar-refractivity contribution in [3.63, 3.8) is 0 Å². The first-order valence-electron chi connectivity index (χ1n) is 6.27. The molecular weight excluding hydrogens is 228 g/mol. The molecule has 0 saturated carbocycles. The summed E-state index contributed by atoms with van der Waals surface area (Å²) < 4.78 is 5.52. The summed E-state index contributed by atoms with van der Waals surface area (Å²) in [6, 6.07) is 10.0. The average molecular weight is 246 g/mol. The minimum Gasteiger partial charge on any atom is -0.353 e. The predicted molar refractivity (Wildman–Crippen MR) is 67.7 cm³/mol. The molecule has 0 bridgehead atoms. The number of rotatable bonds is 7. The number of hydrogen-bond donors (Lipinski definition) is 0. The van der Waals surface area contributed by atoms with Crippen LogP contribution in [0.15, 0.2) is 30.3 Å². The molecule has 0 aliphatic carbocycles. The molecule has 5 heteroatoms. The molecule has 1 aromatic carbocycles. The van der Waals surface area contributed by atoms with E-state index in [0.717, 1.165) is 30.7 Å². The number of benzene rings is 1. The largest absolute Gasteiger partial charge is 0.353 e. The quantitative estimate of drug-likeness (QED) is 0.751. The highest BCUT2D eigenvalue weighted by atomic mass is 16.5. The van der Waals surface area contributed by atoms with Crippen molar-refractivity contribution in [2.45, 2.75) is 39.5 Å². The number of unbranched alkanes of at least 4 members (excludes halogenated alkanes) is 1. The van der Waals surface area contributed by atoms with Gasteiger partial charge in [-0.05, 0) is 17.2 Å². The molecule has 0 amide bonds. The van der Waals surface area contributed by atoms with Gasteiger partial charge in [-0.3, -0.25) is 0 Å². The Kier molecular flexibility index (Phi) is 4.84. The molecular formula is C13H18N4O. The van der Waals surface area contributed by atoms with E-state index in [4.69, 9.17) is 4.74 Å². The fraction of sp³-hybridized carbons (Fsp3) is 0.462. The highest BCUT2D eigenvalue weighted by Crippen LogP contribution is 2.01. The maximum Gasteiger partial charge on any atom is 0.174 e. The molecule has 0 N–H and O–H groups in total. The molecule has 18 heavy (non-hydrogen) atoms. The van der Waals surface area contributed by atoms with Crippen molar-refractivity contribution in [3.8, 4) is 0 Å². The molecule has 0 fully saturated rings. The van der Waals surface area contributed by atoms with E-state index in [1.54, 1.807) is 0 Å². The number of tetrazole rings is 1. The predicted octanol–water partition coefficient (Wildman–Crippen LogP) is 2.19. The van der Waals surface area contributed by atoms with Gasteiger partial charge in [0.15, 0.2) is 12.6 Å². The number of aryl methyl sites for hydroxylation is 1. The second-order valence-corrected chi connectivity index (χ2v) is 4.14. The molecule has 96 valence electrons. The van der Waals surface area contributed by atoms with Crippen LogP contribution in [0.2, 0.25) is 0 Å². The van der Waals surface area contributed by atoms with E-state index in [9.17, 15) is 0 Å². The third-order valence-corrected chi connectivity index (χ3v) is 2.57. The monoisotopic (exact) mass is 246 g/mol. The van der Waals surface area contributed by atoms with Crippen molar-refractivity contribution in [1.82, 2.24) is 20.2 Å². The van der Waals surface area contributed by atoms with Crippen LogP contribution in [0, 0.1) is 0 Å². The number of aromatic nitrogens is 4. The van der Waals surface area contributed by atoms with Crippen LogP contribution in [-0.2, 0) is 24.5 Å². The Morgan fingerprint density at radius 1 is 1.22 bits per heavy atom. The Hall–Kier alpha value is -1.75. The summed E-state index contributed by atoms with van der Waals surface area (Å²) in [7, 11) is 0. The summed E-state index contributed by atoms with van der Waals surface area (Å²) in [5, 5.41) is 12.2. The van der Waals surface area contributed by atoms with Gasteiger partial charge in [-0.2, -0.15) is 0 Å². The maximum absolute atomic E-state index is 5.52. The van der Waals surface area contributed by atoms with Gasteiger partial charge in [-0.1, -0.05) is 43.7 Å². The summed E-state index contributed by atoms with van der Waals surface area (Å²) >= 11 is 0. The highest BCUT2D eigenvalue weighted by Gasteiger charge is 2.01. The maximum atomic E-state index is 5.52. The third-order valence-electron chi connectivity index (χ3n) is 2.57. The molecule has 2 aromatic rings. The summed E-state index contributed by atoms with van der Waals surface area (Å²) in [5.41, 5.74) is 1.14. The first kappa shape index (κ1) is 12.7. The molecule has 1 heterocycles. The Labute approximate surface area is 107 Å². The van der Waals surface area contributed by atoms with Gasteiger partial charge in [0.05, 0.1) is 6.61 Å². The lowest BCUT2D eigenvalue weighted by Gasteiger charge is -2.02. The van der Waals surface area contributed by atoms with Crippen LogP contribution < -0.4 is 0 Å². The van der Waals surface area contributed by atoms with Crippen LogP contribution in [0.4, 0.5) is 0 Å². The Morgan fingerprint density at radius 2 is 2.06 bits per heavy atom. The number of ether oxygens (including phenoxy) is 1. The van der Waals surface area contributed by atoms with Crippen LogP contribution in [-0.4, -0.2) is 20.2 Å². The van der Waals surface area contributed by atoms with Crippen LogP contribution in [0.3, 0.4) is 0 Å². The van der Waals surface area contributed by atoms with E-state index >= 15 is 0 Å². The zero-order chi connectivity index (χ0) is 12.6. The Morgan fingerprint density at radius 3 is 2.83 bits per heavy atom. The SMILES string of the molecule is CCCCc1nnn(COCc2ccccc2)n1. The fourth-order valence-electron chi connectivity index (χ4n) is 1.59. The lowest BCUT2D eigenvalue weighted by atomic mass is 10.2. The molecule has 0 unspecified atom stereocenters. The Balaban J connectivity index is 1.75. The zero-order valence-corrected chi connectivity index (χ0v) is 10.6. The third kappa shape index (κ3) is 3.92. The van der Waals surface area contributed by atoms with Gasteiger partial charge in [0.2, 0.25) is 0 Å². The van der Waals surface area contributed by atoms with E-state index in [2.05, 4.69) is 22.3 Å². The van der Waals surface area contributed by atoms with Crippen LogP contribution in [0.1, 0.15) is 31.2 Å². The number of hydrogen-bond acceptors (Lipinski definition) is 4. The molecule has 0 saturated heterocycles. The van der Waals surface area contributed by atoms with Crippen LogP contribution in [0.25, 0.3) is 0 Å². The van der Waals surface area contributed by atoms with Crippen molar-refractivity contribution in [1.29, 1.82) is 0 Å². The molecule has 1 aromatic heterocycles. The molecule has 5 nitrogen and oxygen atoms in total. The van der Waals surface area contributed by atoms with E-state index in [1.807, 2.05) is 30.3 Å². The molecule has 2 rings (SSSR count). The summed E-state index contributed by atoms with van der Waals surface area (Å²) in [6.45, 7) is 3.05. The van der Waals surface area contributed by atoms with Gasteiger partial charge >= 0.3 is 0 Å². The molecule has 0 radical (unpaired) electrons. The second-order valence-electron chi connectivity index (χ2n) is 4.14. The van der Waals surface area contributed by atoms with Gasteiger partial charge < -0.3 is 4.74 Å². The Bertz CT molecular complexity index is 455.